The van der Waals surface area contributed by atoms with E-state index in [0.29, 0.717) is 18.3 Å². The van der Waals surface area contributed by atoms with Crippen molar-refractivity contribution in [3.63, 3.8) is 0 Å². The molecule has 7 heteroatoms. The number of benzene rings is 2. The fraction of sp³-hybridized carbons (Fsp3) is 0.333. The van der Waals surface area contributed by atoms with Crippen LogP contribution in [0.4, 0.5) is 5.69 Å². The van der Waals surface area contributed by atoms with E-state index in [1.54, 1.807) is 4.68 Å². The van der Waals surface area contributed by atoms with Gasteiger partial charge in [-0.25, -0.2) is 0 Å². The zero-order valence-electron chi connectivity index (χ0n) is 16.0. The van der Waals surface area contributed by atoms with Crippen LogP contribution in [0.15, 0.2) is 54.6 Å². The molecule has 1 aromatic heterocycles. The summed E-state index contributed by atoms with van der Waals surface area (Å²) < 4.78 is 1.64. The minimum Gasteiger partial charge on any atom is -0.325 e. The maximum absolute atomic E-state index is 12.5. The van der Waals surface area contributed by atoms with Gasteiger partial charge in [-0.2, -0.15) is 4.68 Å². The van der Waals surface area contributed by atoms with E-state index in [1.165, 1.54) is 5.56 Å². The molecule has 1 aliphatic heterocycles. The van der Waals surface area contributed by atoms with Gasteiger partial charge in [0.25, 0.3) is 0 Å². The van der Waals surface area contributed by atoms with Gasteiger partial charge in [-0.05, 0) is 73.0 Å². The Bertz CT molecular complexity index is 931. The van der Waals surface area contributed by atoms with E-state index in [1.807, 2.05) is 31.2 Å². The number of carbonyl (C=O) groups is 1. The van der Waals surface area contributed by atoms with Crippen molar-refractivity contribution in [1.82, 2.24) is 25.1 Å². The molecule has 7 nitrogen and oxygen atoms in total. The van der Waals surface area contributed by atoms with Crippen molar-refractivity contribution in [2.45, 2.75) is 25.7 Å². The minimum atomic E-state index is 0.00347. The van der Waals surface area contributed by atoms with Gasteiger partial charge in [0.2, 0.25) is 5.91 Å². The molecule has 0 radical (unpaired) electrons. The number of carbonyl (C=O) groups excluding carboxylic acids is 1. The summed E-state index contributed by atoms with van der Waals surface area (Å²) in [6, 6.07) is 18.2. The Balaban J connectivity index is 1.31. The number of aryl methyl sites for hydroxylation is 1. The smallest absolute Gasteiger partial charge is 0.238 e. The number of anilines is 1. The van der Waals surface area contributed by atoms with Gasteiger partial charge in [0.15, 0.2) is 5.82 Å². The highest BCUT2D eigenvalue weighted by Crippen LogP contribution is 2.27. The molecule has 1 aliphatic rings. The van der Waals surface area contributed by atoms with Crippen LogP contribution >= 0.6 is 0 Å². The van der Waals surface area contributed by atoms with Crippen LogP contribution in [0.2, 0.25) is 0 Å². The molecule has 1 amide bonds. The Labute approximate surface area is 164 Å². The quantitative estimate of drug-likeness (QED) is 0.741. The van der Waals surface area contributed by atoms with Crippen molar-refractivity contribution >= 4 is 11.6 Å². The highest BCUT2D eigenvalue weighted by atomic mass is 16.2. The predicted octanol–water partition coefficient (Wildman–Crippen LogP) is 2.79. The second kappa shape index (κ2) is 8.31. The summed E-state index contributed by atoms with van der Waals surface area (Å²) in [5.41, 5.74) is 2.97. The van der Waals surface area contributed by atoms with E-state index < -0.39 is 0 Å². The van der Waals surface area contributed by atoms with Crippen LogP contribution in [0.3, 0.4) is 0 Å². The van der Waals surface area contributed by atoms with Crippen LogP contribution in [-0.2, 0) is 4.79 Å². The van der Waals surface area contributed by atoms with E-state index in [-0.39, 0.29) is 5.91 Å². The molecular formula is C21H24N6O. The summed E-state index contributed by atoms with van der Waals surface area (Å²) in [5.74, 6) is 1.30. The Kier molecular flexibility index (Phi) is 5.43. The first-order chi connectivity index (χ1) is 13.7. The normalized spacial score (nSPS) is 15.5. The fourth-order valence-corrected chi connectivity index (χ4v) is 3.74. The second-order valence-corrected chi connectivity index (χ2v) is 7.20. The van der Waals surface area contributed by atoms with Crippen molar-refractivity contribution in [1.29, 1.82) is 0 Å². The summed E-state index contributed by atoms with van der Waals surface area (Å²) in [5, 5.41) is 14.5. The largest absolute Gasteiger partial charge is 0.325 e. The summed E-state index contributed by atoms with van der Waals surface area (Å²) in [6.45, 7) is 4.13. The third-order valence-corrected chi connectivity index (χ3v) is 5.23. The highest BCUT2D eigenvalue weighted by Gasteiger charge is 2.22. The van der Waals surface area contributed by atoms with Crippen molar-refractivity contribution in [3.8, 4) is 5.69 Å². The zero-order valence-corrected chi connectivity index (χ0v) is 16.0. The van der Waals surface area contributed by atoms with Gasteiger partial charge in [0, 0.05) is 5.69 Å². The van der Waals surface area contributed by atoms with E-state index in [9.17, 15) is 4.79 Å². The van der Waals surface area contributed by atoms with Gasteiger partial charge < -0.3 is 5.32 Å². The van der Waals surface area contributed by atoms with Crippen LogP contribution in [0.1, 0.15) is 30.1 Å². The van der Waals surface area contributed by atoms with E-state index in [2.05, 4.69) is 56.1 Å². The number of nitrogens with one attached hydrogen (secondary N) is 1. The molecule has 28 heavy (non-hydrogen) atoms. The Morgan fingerprint density at radius 1 is 1.11 bits per heavy atom. The molecule has 0 bridgehead atoms. The number of likely N-dealkylation sites (tertiary alicyclic amines) is 1. The fourth-order valence-electron chi connectivity index (χ4n) is 3.74. The Morgan fingerprint density at radius 2 is 1.89 bits per heavy atom. The number of nitrogens with zero attached hydrogens (tertiary/aromatic N) is 5. The zero-order chi connectivity index (χ0) is 19.3. The minimum absolute atomic E-state index is 0.00347. The number of rotatable bonds is 5. The summed E-state index contributed by atoms with van der Waals surface area (Å²) in [6.07, 6.45) is 2.18. The van der Waals surface area contributed by atoms with Crippen molar-refractivity contribution in [2.75, 3.05) is 25.0 Å². The number of piperidine rings is 1. The molecule has 1 N–H and O–H groups in total. The average Bonchev–Trinajstić information content (AvgIpc) is 3.15. The predicted molar refractivity (Wildman–Crippen MR) is 107 cm³/mol. The molecule has 3 aromatic rings. The van der Waals surface area contributed by atoms with E-state index in [4.69, 9.17) is 0 Å². The molecule has 2 heterocycles. The third kappa shape index (κ3) is 4.26. The van der Waals surface area contributed by atoms with E-state index in [0.717, 1.165) is 37.3 Å². The lowest BCUT2D eigenvalue weighted by atomic mass is 9.89. The number of amides is 1. The molecule has 1 saturated heterocycles. The standard InChI is InChI=1S/C21H24N6O/c1-16-23-24-25-27(16)20-9-5-8-19(14-20)22-21(28)15-26-12-10-18(11-13-26)17-6-3-2-4-7-17/h2-9,14,18H,10-13,15H2,1H3,(H,22,28). The maximum Gasteiger partial charge on any atom is 0.238 e. The van der Waals surface area contributed by atoms with Crippen molar-refractivity contribution in [2.24, 2.45) is 0 Å². The topological polar surface area (TPSA) is 75.9 Å². The molecule has 0 spiro atoms. The molecule has 0 saturated carbocycles. The lowest BCUT2D eigenvalue weighted by Gasteiger charge is -2.31. The lowest BCUT2D eigenvalue weighted by Crippen LogP contribution is -2.38. The molecular weight excluding hydrogens is 352 g/mol. The summed E-state index contributed by atoms with van der Waals surface area (Å²) >= 11 is 0. The molecule has 1 fully saturated rings. The Morgan fingerprint density at radius 3 is 2.61 bits per heavy atom. The molecule has 2 aromatic carbocycles. The monoisotopic (exact) mass is 376 g/mol. The van der Waals surface area contributed by atoms with Crippen molar-refractivity contribution < 1.29 is 4.79 Å². The van der Waals surface area contributed by atoms with Crippen LogP contribution in [0, 0.1) is 6.92 Å². The number of hydrogen-bond donors (Lipinski definition) is 1. The first-order valence-electron chi connectivity index (χ1n) is 9.61. The molecule has 4 rings (SSSR count). The van der Waals surface area contributed by atoms with Gasteiger partial charge in [-0.1, -0.05) is 36.4 Å². The highest BCUT2D eigenvalue weighted by molar-refractivity contribution is 5.92. The third-order valence-electron chi connectivity index (χ3n) is 5.23. The lowest BCUT2D eigenvalue weighted by molar-refractivity contribution is -0.117. The van der Waals surface area contributed by atoms with Gasteiger partial charge >= 0.3 is 0 Å². The second-order valence-electron chi connectivity index (χ2n) is 7.20. The van der Waals surface area contributed by atoms with Crippen LogP contribution < -0.4 is 5.32 Å². The van der Waals surface area contributed by atoms with Crippen LogP contribution in [-0.4, -0.2) is 50.6 Å². The SMILES string of the molecule is Cc1nnnn1-c1cccc(NC(=O)CN2CCC(c3ccccc3)CC2)c1. The Hall–Kier alpha value is -3.06. The number of hydrogen-bond acceptors (Lipinski definition) is 5. The van der Waals surface area contributed by atoms with Crippen molar-refractivity contribution in [3.05, 3.63) is 66.0 Å². The van der Waals surface area contributed by atoms with E-state index >= 15 is 0 Å². The number of tetrazole rings is 1. The van der Waals surface area contributed by atoms with Crippen LogP contribution in [0.25, 0.3) is 5.69 Å². The van der Waals surface area contributed by atoms with Gasteiger partial charge in [-0.15, -0.1) is 5.10 Å². The van der Waals surface area contributed by atoms with Crippen LogP contribution in [0.5, 0.6) is 0 Å². The summed E-state index contributed by atoms with van der Waals surface area (Å²) in [7, 11) is 0. The van der Waals surface area contributed by atoms with Gasteiger partial charge in [-0.3, -0.25) is 9.69 Å². The molecule has 0 unspecified atom stereocenters. The number of aromatic nitrogens is 4. The molecule has 144 valence electrons. The van der Waals surface area contributed by atoms with Gasteiger partial charge in [0.1, 0.15) is 0 Å². The molecule has 0 aliphatic carbocycles. The molecule has 0 atom stereocenters. The summed E-state index contributed by atoms with van der Waals surface area (Å²) in [4.78, 5) is 14.7. The first kappa shape index (κ1) is 18.3. The first-order valence-corrected chi connectivity index (χ1v) is 9.61. The maximum atomic E-state index is 12.5. The van der Waals surface area contributed by atoms with Gasteiger partial charge in [0.05, 0.1) is 12.2 Å². The average molecular weight is 376 g/mol.